The third-order valence-electron chi connectivity index (χ3n) is 5.78. The van der Waals surface area contributed by atoms with Crippen LogP contribution >= 0.6 is 0 Å². The molecule has 6 nitrogen and oxygen atoms in total. The minimum atomic E-state index is -0.437. The van der Waals surface area contributed by atoms with Gasteiger partial charge in [-0.2, -0.15) is 9.78 Å². The summed E-state index contributed by atoms with van der Waals surface area (Å²) >= 11 is 0. The van der Waals surface area contributed by atoms with E-state index < -0.39 is 6.04 Å². The zero-order valence-electron chi connectivity index (χ0n) is 18.0. The molecule has 4 rings (SSSR count). The van der Waals surface area contributed by atoms with Crippen molar-refractivity contribution in [3.63, 3.8) is 0 Å². The zero-order valence-corrected chi connectivity index (χ0v) is 18.0. The fourth-order valence-corrected chi connectivity index (χ4v) is 4.15. The number of para-hydroxylation sites is 1. The van der Waals surface area contributed by atoms with Gasteiger partial charge < -0.3 is 9.88 Å². The van der Waals surface area contributed by atoms with E-state index in [0.29, 0.717) is 17.6 Å². The van der Waals surface area contributed by atoms with Gasteiger partial charge in [-0.05, 0) is 44.9 Å². The van der Waals surface area contributed by atoms with Gasteiger partial charge in [-0.15, -0.1) is 0 Å². The first-order valence-corrected chi connectivity index (χ1v) is 10.5. The summed E-state index contributed by atoms with van der Waals surface area (Å²) in [5, 5.41) is 8.76. The van der Waals surface area contributed by atoms with E-state index in [2.05, 4.69) is 10.4 Å². The van der Waals surface area contributed by atoms with Crippen LogP contribution in [0.1, 0.15) is 29.9 Å². The first kappa shape index (κ1) is 20.6. The number of benzene rings is 2. The van der Waals surface area contributed by atoms with Gasteiger partial charge in [-0.3, -0.25) is 9.59 Å². The Hall–Kier alpha value is -3.67. The maximum Gasteiger partial charge on any atom is 0.281 e. The molecule has 158 valence electrons. The maximum absolute atomic E-state index is 13.2. The van der Waals surface area contributed by atoms with Gasteiger partial charge in [0.05, 0.1) is 17.3 Å². The van der Waals surface area contributed by atoms with Gasteiger partial charge in [0.15, 0.2) is 0 Å². The summed E-state index contributed by atoms with van der Waals surface area (Å²) in [6.45, 7) is 6.24. The molecule has 0 aliphatic heterocycles. The second kappa shape index (κ2) is 8.60. The first-order chi connectivity index (χ1) is 15.0. The second-order valence-corrected chi connectivity index (χ2v) is 7.73. The largest absolute Gasteiger partial charge is 0.354 e. The predicted molar refractivity (Wildman–Crippen MR) is 123 cm³/mol. The Morgan fingerprint density at radius 3 is 2.32 bits per heavy atom. The third-order valence-corrected chi connectivity index (χ3v) is 5.78. The molecule has 0 unspecified atom stereocenters. The summed E-state index contributed by atoms with van der Waals surface area (Å²) in [7, 11) is 0. The molecule has 0 bridgehead atoms. The summed E-state index contributed by atoms with van der Waals surface area (Å²) in [6, 6.07) is 19.0. The van der Waals surface area contributed by atoms with Crippen LogP contribution in [0.25, 0.3) is 16.5 Å². The molecule has 0 saturated heterocycles. The molecular weight excluding hydrogens is 388 g/mol. The smallest absolute Gasteiger partial charge is 0.281 e. The van der Waals surface area contributed by atoms with Crippen LogP contribution in [0, 0.1) is 13.8 Å². The van der Waals surface area contributed by atoms with Crippen molar-refractivity contribution in [3.05, 3.63) is 94.2 Å². The van der Waals surface area contributed by atoms with E-state index in [1.807, 2.05) is 86.0 Å². The molecule has 0 fully saturated rings. The Bertz CT molecular complexity index is 1270. The molecular formula is C25H26N4O2. The Balaban J connectivity index is 1.62. The Kier molecular flexibility index (Phi) is 5.71. The molecule has 0 aliphatic rings. The average molecular weight is 415 g/mol. The Morgan fingerprint density at radius 1 is 1.00 bits per heavy atom. The van der Waals surface area contributed by atoms with Gasteiger partial charge in [-0.1, -0.05) is 48.5 Å². The summed E-state index contributed by atoms with van der Waals surface area (Å²) < 4.78 is 3.34. The summed E-state index contributed by atoms with van der Waals surface area (Å²) in [6.07, 6.45) is 2.49. The van der Waals surface area contributed by atoms with Crippen molar-refractivity contribution >= 4 is 16.7 Å². The molecule has 0 spiro atoms. The SMILES string of the molecule is Cc1c2cnn(-c3ccccc3)c(=O)c2c(C)n1[C@H](C)C(=O)NCCc1ccccc1. The van der Waals surface area contributed by atoms with Crippen molar-refractivity contribution in [2.24, 2.45) is 0 Å². The molecule has 1 atom stereocenters. The highest BCUT2D eigenvalue weighted by Gasteiger charge is 2.23. The van der Waals surface area contributed by atoms with Crippen LogP contribution in [-0.2, 0) is 11.2 Å². The van der Waals surface area contributed by atoms with Gasteiger partial charge in [0, 0.05) is 23.3 Å². The normalized spacial score (nSPS) is 12.1. The minimum absolute atomic E-state index is 0.0706. The highest BCUT2D eigenvalue weighted by Crippen LogP contribution is 2.26. The average Bonchev–Trinajstić information content (AvgIpc) is 3.05. The number of carbonyl (C=O) groups excluding carboxylic acids is 1. The monoisotopic (exact) mass is 414 g/mol. The Morgan fingerprint density at radius 2 is 1.65 bits per heavy atom. The standard InChI is InChI=1S/C25H26N4O2/c1-17-22-16-27-29(21-12-8-5-9-13-21)25(31)23(22)18(2)28(17)19(3)24(30)26-15-14-20-10-6-4-7-11-20/h4-13,16,19H,14-15H2,1-3H3,(H,26,30)/t19-/m1/s1. The lowest BCUT2D eigenvalue weighted by Crippen LogP contribution is -2.33. The fourth-order valence-electron chi connectivity index (χ4n) is 4.15. The second-order valence-electron chi connectivity index (χ2n) is 7.73. The van der Waals surface area contributed by atoms with E-state index in [1.54, 1.807) is 6.20 Å². The quantitative estimate of drug-likeness (QED) is 0.523. The van der Waals surface area contributed by atoms with Crippen LogP contribution in [0.15, 0.2) is 71.7 Å². The van der Waals surface area contributed by atoms with E-state index in [1.165, 1.54) is 10.2 Å². The third kappa shape index (κ3) is 3.89. The minimum Gasteiger partial charge on any atom is -0.354 e. The number of aromatic nitrogens is 3. The van der Waals surface area contributed by atoms with Crippen molar-refractivity contribution in [2.45, 2.75) is 33.2 Å². The fraction of sp³-hybridized carbons (Fsp3) is 0.240. The molecule has 2 heterocycles. The van der Waals surface area contributed by atoms with Gasteiger partial charge in [-0.25, -0.2) is 0 Å². The van der Waals surface area contributed by atoms with Crippen LogP contribution in [-0.4, -0.2) is 26.8 Å². The van der Waals surface area contributed by atoms with Crippen molar-refractivity contribution in [3.8, 4) is 5.69 Å². The highest BCUT2D eigenvalue weighted by molar-refractivity contribution is 5.89. The molecule has 0 radical (unpaired) electrons. The van der Waals surface area contributed by atoms with Crippen molar-refractivity contribution < 1.29 is 4.79 Å². The molecule has 0 saturated carbocycles. The lowest BCUT2D eigenvalue weighted by Gasteiger charge is -2.18. The molecule has 1 N–H and O–H groups in total. The maximum atomic E-state index is 13.2. The number of rotatable bonds is 6. The zero-order chi connectivity index (χ0) is 22.0. The summed E-state index contributed by atoms with van der Waals surface area (Å²) in [5.74, 6) is -0.0706. The topological polar surface area (TPSA) is 68.9 Å². The Labute approximate surface area is 181 Å². The molecule has 2 aromatic carbocycles. The van der Waals surface area contributed by atoms with Gasteiger partial charge in [0.2, 0.25) is 5.91 Å². The lowest BCUT2D eigenvalue weighted by molar-refractivity contribution is -0.123. The van der Waals surface area contributed by atoms with E-state index in [0.717, 1.165) is 23.2 Å². The van der Waals surface area contributed by atoms with Crippen LogP contribution in [0.2, 0.25) is 0 Å². The van der Waals surface area contributed by atoms with Crippen molar-refractivity contribution in [1.29, 1.82) is 0 Å². The summed E-state index contributed by atoms with van der Waals surface area (Å²) in [5.41, 5.74) is 3.35. The van der Waals surface area contributed by atoms with E-state index in [4.69, 9.17) is 0 Å². The van der Waals surface area contributed by atoms with Crippen LogP contribution in [0.3, 0.4) is 0 Å². The molecule has 1 amide bonds. The van der Waals surface area contributed by atoms with E-state index >= 15 is 0 Å². The number of carbonyl (C=O) groups is 1. The van der Waals surface area contributed by atoms with Gasteiger partial charge in [0.25, 0.3) is 5.56 Å². The van der Waals surface area contributed by atoms with E-state index in [-0.39, 0.29) is 11.5 Å². The number of nitrogens with one attached hydrogen (secondary N) is 1. The van der Waals surface area contributed by atoms with Crippen LogP contribution in [0.4, 0.5) is 0 Å². The first-order valence-electron chi connectivity index (χ1n) is 10.5. The number of hydrogen-bond acceptors (Lipinski definition) is 3. The van der Waals surface area contributed by atoms with Gasteiger partial charge in [0.1, 0.15) is 6.04 Å². The van der Waals surface area contributed by atoms with Crippen molar-refractivity contribution in [1.82, 2.24) is 19.7 Å². The van der Waals surface area contributed by atoms with Gasteiger partial charge >= 0.3 is 0 Å². The number of aryl methyl sites for hydroxylation is 2. The summed E-state index contributed by atoms with van der Waals surface area (Å²) in [4.78, 5) is 26.1. The van der Waals surface area contributed by atoms with E-state index in [9.17, 15) is 9.59 Å². The van der Waals surface area contributed by atoms with Crippen molar-refractivity contribution in [2.75, 3.05) is 6.54 Å². The molecule has 2 aromatic heterocycles. The van der Waals surface area contributed by atoms with Crippen LogP contribution < -0.4 is 10.9 Å². The molecule has 0 aliphatic carbocycles. The lowest BCUT2D eigenvalue weighted by atomic mass is 10.1. The highest BCUT2D eigenvalue weighted by atomic mass is 16.2. The molecule has 31 heavy (non-hydrogen) atoms. The number of nitrogens with zero attached hydrogens (tertiary/aromatic N) is 3. The van der Waals surface area contributed by atoms with Crippen LogP contribution in [0.5, 0.6) is 0 Å². The molecule has 4 aromatic rings. The predicted octanol–water partition coefficient (Wildman–Crippen LogP) is 3.72. The number of fused-ring (bicyclic) bond motifs is 1. The molecule has 6 heteroatoms. The number of amides is 1. The number of hydrogen-bond donors (Lipinski definition) is 1.